The topological polar surface area (TPSA) is 481 Å². The van der Waals surface area contributed by atoms with Crippen molar-refractivity contribution < 1.29 is 92.8 Å². The maximum absolute atomic E-state index is 13.9. The molecule has 0 unspecified atom stereocenters. The molecule has 1 fully saturated rings. The number of rotatable bonds is 36. The number of unbranched alkanes of at least 4 members (excludes halogenated alkanes) is 3. The van der Waals surface area contributed by atoms with E-state index in [1.165, 1.54) is 17.7 Å². The third kappa shape index (κ3) is 27.3. The first-order valence-corrected chi connectivity index (χ1v) is 30.0. The fraction of sp³-hybridized carbons (Fsp3) is 0.527. The summed E-state index contributed by atoms with van der Waals surface area (Å²) in [4.78, 5) is 169. The van der Waals surface area contributed by atoms with Crippen LogP contribution in [-0.2, 0) is 68.9 Å². The molecule has 15 N–H and O–H groups in total. The number of hydrogen-bond donors (Lipinski definition) is 14. The Morgan fingerprint density at radius 2 is 1.15 bits per heavy atom. The number of likely N-dealkylation sites (N-methyl/N-ethyl adjacent to an activating group) is 1. The number of carbonyl (C=O) groups excluding carboxylic acids is 5. The molecule has 36 heteroatoms. The fourth-order valence-electron chi connectivity index (χ4n) is 9.02. The molecule has 91 heavy (non-hydrogen) atoms. The number of anilines is 4. The normalized spacial score (nSPS) is 16.2. The summed E-state index contributed by atoms with van der Waals surface area (Å²) in [6.07, 6.45) is 2.47. The number of carbonyl (C=O) groups is 10. The van der Waals surface area contributed by atoms with Crippen LogP contribution in [0, 0.1) is 3.57 Å². The molecule has 2 aliphatic rings. The molecular formula is C55H78IN15O20. The van der Waals surface area contributed by atoms with E-state index in [1.54, 1.807) is 24.1 Å². The lowest BCUT2D eigenvalue weighted by Crippen LogP contribution is -2.52. The molecule has 0 bridgehead atoms. The van der Waals surface area contributed by atoms with Crippen LogP contribution in [0.1, 0.15) is 86.6 Å². The van der Waals surface area contributed by atoms with Crippen LogP contribution in [0.3, 0.4) is 0 Å². The first-order valence-electron chi connectivity index (χ1n) is 28.9. The number of aromatic amines is 1. The van der Waals surface area contributed by atoms with E-state index in [0.29, 0.717) is 49.5 Å². The summed E-state index contributed by atoms with van der Waals surface area (Å²) in [5.74, 6) is -9.94. The molecule has 0 spiro atoms. The monoisotopic (exact) mass is 1400 g/mol. The van der Waals surface area contributed by atoms with Crippen LogP contribution in [0.25, 0.3) is 0 Å². The number of nitrogens with zero attached hydrogens (tertiary/aromatic N) is 6. The zero-order valence-corrected chi connectivity index (χ0v) is 52.1. The summed E-state index contributed by atoms with van der Waals surface area (Å²) in [5.41, 5.74) is 7.46. The van der Waals surface area contributed by atoms with E-state index in [-0.39, 0.29) is 68.7 Å². The molecule has 2 aromatic carbocycles. The fourth-order valence-corrected chi connectivity index (χ4v) is 9.38. The Kier molecular flexibility index (Phi) is 30.9. The Bertz CT molecular complexity index is 2970. The van der Waals surface area contributed by atoms with Gasteiger partial charge in [-0.25, -0.2) is 9.59 Å². The number of nitrogen functional groups attached to an aromatic ring is 1. The van der Waals surface area contributed by atoms with Crippen molar-refractivity contribution in [1.82, 2.24) is 56.8 Å². The third-order valence-corrected chi connectivity index (χ3v) is 14.6. The predicted octanol–water partition coefficient (Wildman–Crippen LogP) is -0.666. The molecule has 4 atom stereocenters. The van der Waals surface area contributed by atoms with Crippen molar-refractivity contribution in [2.75, 3.05) is 108 Å². The van der Waals surface area contributed by atoms with Gasteiger partial charge in [0.15, 0.2) is 5.82 Å². The average molecular weight is 1400 g/mol. The van der Waals surface area contributed by atoms with Gasteiger partial charge in [0.2, 0.25) is 29.6 Å². The Morgan fingerprint density at radius 3 is 1.70 bits per heavy atom. The molecule has 35 nitrogen and oxygen atoms in total. The first-order chi connectivity index (χ1) is 43.4. The van der Waals surface area contributed by atoms with Crippen molar-refractivity contribution in [2.45, 2.75) is 101 Å². The van der Waals surface area contributed by atoms with Crippen LogP contribution >= 0.6 is 22.6 Å². The molecular weight excluding hydrogens is 1320 g/mol. The van der Waals surface area contributed by atoms with Crippen molar-refractivity contribution in [2.24, 2.45) is 0 Å². The number of H-pyrrole nitrogens is 1. The molecule has 500 valence electrons. The van der Waals surface area contributed by atoms with E-state index in [9.17, 15) is 78.3 Å². The minimum atomic E-state index is -1.58. The quantitative estimate of drug-likeness (QED) is 0.0254. The predicted molar refractivity (Wildman–Crippen MR) is 328 cm³/mol. The summed E-state index contributed by atoms with van der Waals surface area (Å²) in [6, 6.07) is 9.67. The number of benzene rings is 2. The molecule has 0 aliphatic carbocycles. The zero-order valence-electron chi connectivity index (χ0n) is 49.9. The molecule has 3 aromatic rings. The van der Waals surface area contributed by atoms with Crippen molar-refractivity contribution in [3.8, 4) is 0 Å². The van der Waals surface area contributed by atoms with Gasteiger partial charge in [-0.05, 0) is 129 Å². The number of nitrogens with two attached hydrogens (primary N) is 1. The lowest BCUT2D eigenvalue weighted by molar-refractivity contribution is -0.370. The van der Waals surface area contributed by atoms with Gasteiger partial charge in [0.05, 0.1) is 6.04 Å². The van der Waals surface area contributed by atoms with Gasteiger partial charge in [0, 0.05) is 60.9 Å². The highest BCUT2D eigenvalue weighted by atomic mass is 127. The zero-order chi connectivity index (χ0) is 66.4. The standard InChI is InChI=1S/C55H78IN15O20/c1-67-38(25-61-49-48(67)52(83)66-55(57)65-49)24-60-37-18-14-35(15-19-37)50(81)63-41(54(86)87)20-21-43(73)62-39(51(82)64-40(53(84)85)10-5-7-22-58-42(72)11-3-2-8-34-12-16-36(56)17-13-34)9-4-6-23-59-44(74)26-68-30-89-70(28-46(77)78)32-91-71(29-47(79)80)33-90-69(31-88-68)27-45(75)76/h12-19,38-41,60H,2-11,20-33H2,1H3,(H,58,72)(H,59,74)(H,62,73)(H,63,81)(H,64,82)(H,75,76)(H,77,78)(H,79,80)(H,84,85)(H,86,87)(H4,57,61,65,66,83)/t38-,39+,40+,41+/m1/s1. The highest BCUT2D eigenvalue weighted by molar-refractivity contribution is 14.1. The Labute approximate surface area is 534 Å². The van der Waals surface area contributed by atoms with Crippen molar-refractivity contribution in [1.29, 1.82) is 0 Å². The number of hydroxylamine groups is 8. The Balaban J connectivity index is 1.15. The maximum atomic E-state index is 13.9. The highest BCUT2D eigenvalue weighted by Crippen LogP contribution is 2.25. The second kappa shape index (κ2) is 38.4. The summed E-state index contributed by atoms with van der Waals surface area (Å²) >= 11 is 2.23. The van der Waals surface area contributed by atoms with Gasteiger partial charge in [-0.2, -0.15) is 10.0 Å². The minimum Gasteiger partial charge on any atom is -0.480 e. The number of hydrogen-bond acceptors (Lipinski definition) is 24. The van der Waals surface area contributed by atoms with Gasteiger partial charge in [-0.3, -0.25) is 67.5 Å². The Morgan fingerprint density at radius 1 is 0.626 bits per heavy atom. The summed E-state index contributed by atoms with van der Waals surface area (Å²) < 4.78 is 1.13. The number of amides is 5. The van der Waals surface area contributed by atoms with E-state index in [1.807, 2.05) is 24.3 Å². The molecule has 5 rings (SSSR count). The van der Waals surface area contributed by atoms with Gasteiger partial charge < -0.3 is 73.4 Å². The van der Waals surface area contributed by atoms with Crippen molar-refractivity contribution in [3.63, 3.8) is 0 Å². The van der Waals surface area contributed by atoms with Crippen LogP contribution in [-0.4, -0.2) is 226 Å². The van der Waals surface area contributed by atoms with Crippen LogP contribution in [0.4, 0.5) is 23.1 Å². The molecule has 1 aromatic heterocycles. The number of aryl methyl sites for hydroxylation is 1. The smallest absolute Gasteiger partial charge is 0.326 e. The van der Waals surface area contributed by atoms with Crippen molar-refractivity contribution in [3.05, 3.63) is 73.6 Å². The number of nitrogens with one attached hydrogen (secondary N) is 8. The number of carboxylic acids is 5. The lowest BCUT2D eigenvalue weighted by atomic mass is 10.0. The third-order valence-electron chi connectivity index (χ3n) is 13.8. The Hall–Kier alpha value is -8.37. The molecule has 0 saturated carbocycles. The van der Waals surface area contributed by atoms with Crippen LogP contribution in [0.5, 0.6) is 0 Å². The summed E-state index contributed by atoms with van der Waals surface area (Å²) in [6.45, 7) is -4.54. The molecule has 2 aliphatic heterocycles. The molecule has 3 heterocycles. The minimum absolute atomic E-state index is 0.0237. The van der Waals surface area contributed by atoms with Gasteiger partial charge in [0.25, 0.3) is 11.5 Å². The van der Waals surface area contributed by atoms with Crippen LogP contribution in [0.15, 0.2) is 53.3 Å². The molecule has 5 amide bonds. The average Bonchev–Trinajstić information content (AvgIpc) is 0.874. The van der Waals surface area contributed by atoms with Gasteiger partial charge in [-0.15, -0.1) is 15.2 Å². The summed E-state index contributed by atoms with van der Waals surface area (Å²) in [7, 11) is 1.74. The SMILES string of the molecule is CN1c2c(nc(N)[nH]c2=O)NC[C@H]1CNc1ccc(C(=O)N[C@@H](CCC(=O)N[C@@H](CCCCNC(=O)CN2CON(CC(=O)O)CON(CC(=O)O)CON(CC(=O)O)CO2)C(=O)N[C@@H](CCCCNC(=O)CCCCc2ccc(I)cc2)C(=O)O)C(=O)O)cc1. The number of fused-ring (bicyclic) bond motifs is 1. The number of aromatic nitrogens is 2. The van der Waals surface area contributed by atoms with Gasteiger partial charge in [-0.1, -0.05) is 12.1 Å². The second-order valence-corrected chi connectivity index (χ2v) is 22.2. The van der Waals surface area contributed by atoms with E-state index in [0.717, 1.165) is 36.7 Å². The molecule has 0 radical (unpaired) electrons. The summed E-state index contributed by atoms with van der Waals surface area (Å²) in [5, 5.41) is 70.7. The largest absolute Gasteiger partial charge is 0.480 e. The van der Waals surface area contributed by atoms with E-state index in [4.69, 9.17) is 25.1 Å². The number of carboxylic acid groups (broad SMARTS) is 5. The lowest BCUT2D eigenvalue weighted by Gasteiger charge is -2.35. The molecule has 1 saturated heterocycles. The van der Waals surface area contributed by atoms with E-state index < -0.39 is 143 Å². The highest BCUT2D eigenvalue weighted by Gasteiger charge is 2.30. The van der Waals surface area contributed by atoms with E-state index >= 15 is 0 Å². The van der Waals surface area contributed by atoms with Crippen molar-refractivity contribution >= 4 is 105 Å². The van der Waals surface area contributed by atoms with Gasteiger partial charge >= 0.3 is 29.8 Å². The van der Waals surface area contributed by atoms with Crippen LogP contribution < -0.4 is 53.4 Å². The second-order valence-electron chi connectivity index (χ2n) is 21.0. The van der Waals surface area contributed by atoms with Gasteiger partial charge in [0.1, 0.15) is 76.9 Å². The number of halogens is 1. The first kappa shape index (κ1) is 73.4. The maximum Gasteiger partial charge on any atom is 0.326 e. The van der Waals surface area contributed by atoms with Crippen LogP contribution in [0.2, 0.25) is 0 Å². The van der Waals surface area contributed by atoms with E-state index in [2.05, 4.69) is 69.8 Å². The number of aliphatic carboxylic acids is 5.